The van der Waals surface area contributed by atoms with Gasteiger partial charge in [0, 0.05) is 0 Å². The fraction of sp³-hybridized carbons (Fsp3) is 0.222. The Hall–Kier alpha value is -1.31. The molecule has 0 aliphatic rings. The molecule has 0 aliphatic carbocycles. The zero-order valence-corrected chi connectivity index (χ0v) is 6.90. The smallest absolute Gasteiger partial charge is 0.290 e. The first kappa shape index (κ1) is 12.4. The van der Waals surface area contributed by atoms with Crippen molar-refractivity contribution in [1.82, 2.24) is 0 Å². The Morgan fingerprint density at radius 3 is 1.09 bits per heavy atom. The Morgan fingerprint density at radius 2 is 1.00 bits per heavy atom. The molecule has 1 N–H and O–H groups in total. The molecule has 0 saturated heterocycles. The number of rotatable bonds is 0. The monoisotopic (exact) mass is 154 g/mol. The van der Waals surface area contributed by atoms with Gasteiger partial charge in [-0.1, -0.05) is 50.2 Å². The van der Waals surface area contributed by atoms with Crippen LogP contribution in [0.15, 0.2) is 36.4 Å². The van der Waals surface area contributed by atoms with E-state index < -0.39 is 0 Å². The van der Waals surface area contributed by atoms with Crippen LogP contribution in [-0.4, -0.2) is 11.6 Å². The molecule has 0 saturated carbocycles. The lowest BCUT2D eigenvalue weighted by molar-refractivity contribution is -0.122. The summed E-state index contributed by atoms with van der Waals surface area (Å²) < 4.78 is 0. The van der Waals surface area contributed by atoms with Crippen molar-refractivity contribution in [3.05, 3.63) is 36.4 Å². The first-order chi connectivity index (χ1) is 5.41. The molecule has 0 atom stereocenters. The van der Waals surface area contributed by atoms with E-state index in [9.17, 15) is 0 Å². The highest BCUT2D eigenvalue weighted by Gasteiger charge is 1.57. The second-order valence-corrected chi connectivity index (χ2v) is 1.26. The van der Waals surface area contributed by atoms with Gasteiger partial charge in [-0.15, -0.1) is 0 Å². The quantitative estimate of drug-likeness (QED) is 0.582. The third-order valence-corrected chi connectivity index (χ3v) is 0.667. The molecule has 0 radical (unpaired) electrons. The third kappa shape index (κ3) is 17.7. The number of hydrogen-bond acceptors (Lipinski definition) is 1. The third-order valence-electron chi connectivity index (χ3n) is 0.667. The average molecular weight is 154 g/mol. The molecule has 0 aromatic heterocycles. The van der Waals surface area contributed by atoms with Crippen molar-refractivity contribution >= 4 is 6.47 Å². The van der Waals surface area contributed by atoms with Crippen molar-refractivity contribution in [1.29, 1.82) is 0 Å². The maximum Gasteiger partial charge on any atom is 0.290 e. The van der Waals surface area contributed by atoms with Gasteiger partial charge in [-0.05, 0) is 0 Å². The van der Waals surface area contributed by atoms with Crippen LogP contribution in [0.2, 0.25) is 0 Å². The van der Waals surface area contributed by atoms with E-state index in [4.69, 9.17) is 9.90 Å². The van der Waals surface area contributed by atoms with E-state index in [1.54, 1.807) is 0 Å². The number of hydrogen-bond donors (Lipinski definition) is 1. The predicted molar refractivity (Wildman–Crippen MR) is 46.5 cm³/mol. The van der Waals surface area contributed by atoms with Crippen LogP contribution >= 0.6 is 0 Å². The van der Waals surface area contributed by atoms with Crippen molar-refractivity contribution in [2.45, 2.75) is 13.8 Å². The highest BCUT2D eigenvalue weighted by molar-refractivity contribution is 5.32. The average Bonchev–Trinajstić information content (AvgIpc) is 2.12. The molecule has 0 bridgehead atoms. The van der Waals surface area contributed by atoms with Crippen molar-refractivity contribution in [2.24, 2.45) is 0 Å². The van der Waals surface area contributed by atoms with Crippen molar-refractivity contribution < 1.29 is 9.90 Å². The fourth-order valence-corrected chi connectivity index (χ4v) is 0.385. The SMILES string of the molecule is CC.O=CO.c1ccccc1. The minimum Gasteiger partial charge on any atom is -0.483 e. The van der Waals surface area contributed by atoms with Gasteiger partial charge in [-0.25, -0.2) is 0 Å². The Labute approximate surface area is 67.5 Å². The molecular weight excluding hydrogens is 140 g/mol. The second kappa shape index (κ2) is 15.9. The molecule has 11 heavy (non-hydrogen) atoms. The van der Waals surface area contributed by atoms with E-state index in [0.29, 0.717) is 0 Å². The van der Waals surface area contributed by atoms with Gasteiger partial charge in [-0.3, -0.25) is 4.79 Å². The normalized spacial score (nSPS) is 6.00. The van der Waals surface area contributed by atoms with Gasteiger partial charge in [0.15, 0.2) is 0 Å². The van der Waals surface area contributed by atoms with Gasteiger partial charge < -0.3 is 5.11 Å². The van der Waals surface area contributed by atoms with Crippen molar-refractivity contribution in [2.75, 3.05) is 0 Å². The number of carbonyl (C=O) groups is 1. The lowest BCUT2D eigenvalue weighted by Gasteiger charge is -1.69. The van der Waals surface area contributed by atoms with Crippen LogP contribution in [-0.2, 0) is 4.79 Å². The van der Waals surface area contributed by atoms with E-state index in [0.717, 1.165) is 0 Å². The lowest BCUT2D eigenvalue weighted by Crippen LogP contribution is -1.49. The van der Waals surface area contributed by atoms with Crippen LogP contribution in [0.25, 0.3) is 0 Å². The van der Waals surface area contributed by atoms with Gasteiger partial charge in [0.2, 0.25) is 0 Å². The minimum atomic E-state index is -0.250. The number of benzene rings is 1. The molecule has 1 aromatic carbocycles. The van der Waals surface area contributed by atoms with Crippen LogP contribution in [0.5, 0.6) is 0 Å². The fourth-order valence-electron chi connectivity index (χ4n) is 0.385. The molecule has 2 heteroatoms. The molecule has 0 aliphatic heterocycles. The predicted octanol–water partition coefficient (Wildman–Crippen LogP) is 2.41. The molecule has 62 valence electrons. The van der Waals surface area contributed by atoms with Gasteiger partial charge in [-0.2, -0.15) is 0 Å². The topological polar surface area (TPSA) is 37.3 Å². The van der Waals surface area contributed by atoms with Crippen molar-refractivity contribution in [3.8, 4) is 0 Å². The summed E-state index contributed by atoms with van der Waals surface area (Å²) in [6, 6.07) is 12.0. The van der Waals surface area contributed by atoms with E-state index in [1.165, 1.54) is 0 Å². The van der Waals surface area contributed by atoms with Gasteiger partial charge >= 0.3 is 0 Å². The van der Waals surface area contributed by atoms with Gasteiger partial charge in [0.1, 0.15) is 0 Å². The first-order valence-electron chi connectivity index (χ1n) is 3.49. The maximum absolute atomic E-state index is 8.36. The molecule has 1 rings (SSSR count). The zero-order chi connectivity index (χ0) is 8.95. The summed E-state index contributed by atoms with van der Waals surface area (Å²) in [5.41, 5.74) is 0. The van der Waals surface area contributed by atoms with Crippen LogP contribution in [0, 0.1) is 0 Å². The van der Waals surface area contributed by atoms with Crippen molar-refractivity contribution in [3.63, 3.8) is 0 Å². The van der Waals surface area contributed by atoms with Gasteiger partial charge in [0.25, 0.3) is 6.47 Å². The summed E-state index contributed by atoms with van der Waals surface area (Å²) in [7, 11) is 0. The summed E-state index contributed by atoms with van der Waals surface area (Å²) in [5.74, 6) is 0. The van der Waals surface area contributed by atoms with Crippen LogP contribution in [0.4, 0.5) is 0 Å². The Kier molecular flexibility index (Phi) is 17.9. The number of carboxylic acid groups (broad SMARTS) is 1. The minimum absolute atomic E-state index is 0.250. The van der Waals surface area contributed by atoms with Crippen LogP contribution < -0.4 is 0 Å². The summed E-state index contributed by atoms with van der Waals surface area (Å²) in [4.78, 5) is 8.36. The van der Waals surface area contributed by atoms with E-state index in [-0.39, 0.29) is 6.47 Å². The molecular formula is C9H14O2. The molecule has 0 heterocycles. The summed E-state index contributed by atoms with van der Waals surface area (Å²) >= 11 is 0. The maximum atomic E-state index is 8.36. The Balaban J connectivity index is 0. The van der Waals surface area contributed by atoms with E-state index in [1.807, 2.05) is 50.2 Å². The largest absolute Gasteiger partial charge is 0.483 e. The second-order valence-electron chi connectivity index (χ2n) is 1.26. The van der Waals surface area contributed by atoms with E-state index in [2.05, 4.69) is 0 Å². The zero-order valence-electron chi connectivity index (χ0n) is 6.90. The van der Waals surface area contributed by atoms with E-state index >= 15 is 0 Å². The highest BCUT2D eigenvalue weighted by atomic mass is 16.3. The molecule has 2 nitrogen and oxygen atoms in total. The standard InChI is InChI=1S/C6H6.C2H6.CH2O2/c1-2-4-6-5-3-1;1-2;2-1-3/h1-6H;1-2H3;1H,(H,2,3). The summed E-state index contributed by atoms with van der Waals surface area (Å²) in [5, 5.41) is 6.89. The lowest BCUT2D eigenvalue weighted by atomic mass is 10.4. The summed E-state index contributed by atoms with van der Waals surface area (Å²) in [6.07, 6.45) is 0. The molecule has 0 spiro atoms. The highest BCUT2D eigenvalue weighted by Crippen LogP contribution is 1.79. The van der Waals surface area contributed by atoms with Gasteiger partial charge in [0.05, 0.1) is 0 Å². The Morgan fingerprint density at radius 1 is 0.909 bits per heavy atom. The molecule has 1 aromatic rings. The Bertz CT molecular complexity index is 111. The summed E-state index contributed by atoms with van der Waals surface area (Å²) in [6.45, 7) is 3.75. The molecule has 0 unspecified atom stereocenters. The molecule has 0 fully saturated rings. The molecule has 0 amide bonds. The van der Waals surface area contributed by atoms with Crippen LogP contribution in [0.3, 0.4) is 0 Å². The van der Waals surface area contributed by atoms with Crippen LogP contribution in [0.1, 0.15) is 13.8 Å². The first-order valence-corrected chi connectivity index (χ1v) is 3.49.